The van der Waals surface area contributed by atoms with Crippen molar-refractivity contribution in [1.29, 1.82) is 0 Å². The quantitative estimate of drug-likeness (QED) is 0.530. The zero-order valence-electron chi connectivity index (χ0n) is 6.20. The van der Waals surface area contributed by atoms with Crippen molar-refractivity contribution in [2.75, 3.05) is 0 Å². The van der Waals surface area contributed by atoms with Crippen LogP contribution in [0.3, 0.4) is 0 Å². The Hall–Kier alpha value is -1.91. The first-order valence-corrected chi connectivity index (χ1v) is 3.43. The van der Waals surface area contributed by atoms with Crippen LogP contribution in [0.1, 0.15) is 0 Å². The summed E-state index contributed by atoms with van der Waals surface area (Å²) in [4.78, 5) is 4.08. The summed E-state index contributed by atoms with van der Waals surface area (Å²) in [5.74, 6) is 0.729. The van der Waals surface area contributed by atoms with E-state index in [1.54, 1.807) is 10.9 Å². The van der Waals surface area contributed by atoms with E-state index in [0.29, 0.717) is 0 Å². The third-order valence-corrected chi connectivity index (χ3v) is 1.34. The molecule has 2 aromatic heterocycles. The Morgan fingerprint density at radius 2 is 2.17 bits per heavy atom. The molecule has 0 bridgehead atoms. The molecule has 0 aromatic carbocycles. The van der Waals surface area contributed by atoms with Crippen LogP contribution in [0.2, 0.25) is 0 Å². The largest absolute Gasteiger partial charge is 0.286 e. The summed E-state index contributed by atoms with van der Waals surface area (Å²) < 4.78 is 1.55. The highest BCUT2D eigenvalue weighted by Gasteiger charge is 2.02. The van der Waals surface area contributed by atoms with Crippen LogP contribution in [-0.2, 0) is 0 Å². The Kier molecular flexibility index (Phi) is 1.69. The van der Waals surface area contributed by atoms with Crippen LogP contribution in [0.25, 0.3) is 5.82 Å². The van der Waals surface area contributed by atoms with E-state index in [-0.39, 0.29) is 0 Å². The van der Waals surface area contributed by atoms with E-state index >= 15 is 0 Å². The molecule has 0 atom stereocenters. The van der Waals surface area contributed by atoms with Crippen molar-refractivity contribution in [3.05, 3.63) is 37.1 Å². The average Bonchev–Trinajstić information content (AvgIpc) is 2.21. The second-order valence-corrected chi connectivity index (χ2v) is 2.11. The smallest absolute Gasteiger partial charge is 0.110 e. The summed E-state index contributed by atoms with van der Waals surface area (Å²) in [5.41, 5.74) is 0. The first-order chi connectivity index (χ1) is 5.97. The highest BCUT2D eigenvalue weighted by Crippen LogP contribution is 1.88. The van der Waals surface area contributed by atoms with Gasteiger partial charge in [-0.2, -0.15) is 0 Å². The number of hydrogen-bond acceptors (Lipinski definition) is 4. The molecule has 0 N–H and O–H groups in total. The van der Waals surface area contributed by atoms with E-state index in [4.69, 9.17) is 0 Å². The molecule has 0 aliphatic rings. The van der Waals surface area contributed by atoms with E-state index in [2.05, 4.69) is 20.3 Å². The molecule has 0 saturated carbocycles. The molecule has 2 aromatic rings. The van der Waals surface area contributed by atoms with Crippen molar-refractivity contribution in [3.8, 4) is 5.82 Å². The molecule has 0 spiro atoms. The van der Waals surface area contributed by atoms with Gasteiger partial charge in [0.15, 0.2) is 6.33 Å². The van der Waals surface area contributed by atoms with Crippen LogP contribution in [0.15, 0.2) is 37.1 Å². The Bertz CT molecular complexity index is 309. The predicted octanol–water partition coefficient (Wildman–Crippen LogP) is -0.457. The van der Waals surface area contributed by atoms with Gasteiger partial charge < -0.3 is 0 Å². The lowest BCUT2D eigenvalue weighted by Crippen LogP contribution is -2.36. The maximum absolute atomic E-state index is 4.08. The molecule has 5 nitrogen and oxygen atoms in total. The number of hydrogen-bond donors (Lipinski definition) is 0. The molecule has 0 radical (unpaired) electrons. The Morgan fingerprint density at radius 3 is 2.83 bits per heavy atom. The van der Waals surface area contributed by atoms with E-state index in [1.165, 1.54) is 12.7 Å². The molecule has 0 unspecified atom stereocenters. The topological polar surface area (TPSA) is 55.4 Å². The maximum atomic E-state index is 4.08. The SMILES string of the molecule is c1ccc(-[n+]2cnncn2)nc1. The molecule has 0 saturated heterocycles. The third-order valence-electron chi connectivity index (χ3n) is 1.34. The van der Waals surface area contributed by atoms with Gasteiger partial charge in [-0.15, -0.1) is 9.67 Å². The Balaban J connectivity index is 2.46. The summed E-state index contributed by atoms with van der Waals surface area (Å²) in [5, 5.41) is 11.2. The summed E-state index contributed by atoms with van der Waals surface area (Å²) in [6, 6.07) is 5.57. The van der Waals surface area contributed by atoms with Crippen LogP contribution in [-0.4, -0.2) is 20.3 Å². The van der Waals surface area contributed by atoms with Crippen LogP contribution >= 0.6 is 0 Å². The minimum atomic E-state index is 0.729. The molecule has 0 aliphatic carbocycles. The first kappa shape index (κ1) is 6.78. The second-order valence-electron chi connectivity index (χ2n) is 2.11. The van der Waals surface area contributed by atoms with Gasteiger partial charge in [0.2, 0.25) is 0 Å². The van der Waals surface area contributed by atoms with Crippen LogP contribution in [0.5, 0.6) is 0 Å². The number of rotatable bonds is 1. The zero-order valence-corrected chi connectivity index (χ0v) is 6.20. The highest BCUT2D eigenvalue weighted by atomic mass is 15.4. The van der Waals surface area contributed by atoms with Crippen LogP contribution < -0.4 is 4.68 Å². The third kappa shape index (κ3) is 1.24. The molecular formula is C7H6N5+. The maximum Gasteiger partial charge on any atom is 0.286 e. The van der Waals surface area contributed by atoms with Gasteiger partial charge in [-0.25, -0.2) is 0 Å². The molecule has 58 valence electrons. The second kappa shape index (κ2) is 3.00. The van der Waals surface area contributed by atoms with E-state index < -0.39 is 0 Å². The summed E-state index contributed by atoms with van der Waals surface area (Å²) >= 11 is 0. The first-order valence-electron chi connectivity index (χ1n) is 3.43. The molecule has 12 heavy (non-hydrogen) atoms. The van der Waals surface area contributed by atoms with Crippen molar-refractivity contribution < 1.29 is 4.68 Å². The molecular weight excluding hydrogens is 154 g/mol. The fourth-order valence-corrected chi connectivity index (χ4v) is 0.825. The molecule has 2 heterocycles. The molecule has 2 rings (SSSR count). The fraction of sp³-hybridized carbons (Fsp3) is 0. The molecule has 5 heteroatoms. The van der Waals surface area contributed by atoms with E-state index in [9.17, 15) is 0 Å². The fourth-order valence-electron chi connectivity index (χ4n) is 0.825. The summed E-state index contributed by atoms with van der Waals surface area (Å²) in [6.07, 6.45) is 4.57. The van der Waals surface area contributed by atoms with Gasteiger partial charge in [0, 0.05) is 11.2 Å². The van der Waals surface area contributed by atoms with Crippen molar-refractivity contribution in [2.45, 2.75) is 0 Å². The van der Waals surface area contributed by atoms with Crippen molar-refractivity contribution in [2.24, 2.45) is 0 Å². The number of aromatic nitrogens is 5. The lowest BCUT2D eigenvalue weighted by atomic mass is 10.5. The van der Waals surface area contributed by atoms with Gasteiger partial charge in [-0.1, -0.05) is 16.3 Å². The van der Waals surface area contributed by atoms with Crippen molar-refractivity contribution in [1.82, 2.24) is 20.3 Å². The normalized spacial score (nSPS) is 9.67. The number of nitrogens with zero attached hydrogens (tertiary/aromatic N) is 5. The van der Waals surface area contributed by atoms with Crippen LogP contribution in [0.4, 0.5) is 0 Å². The van der Waals surface area contributed by atoms with E-state index in [1.807, 2.05) is 18.2 Å². The Morgan fingerprint density at radius 1 is 1.17 bits per heavy atom. The summed E-state index contributed by atoms with van der Waals surface area (Å²) in [7, 11) is 0. The van der Waals surface area contributed by atoms with Gasteiger partial charge in [0.05, 0.1) is 0 Å². The van der Waals surface area contributed by atoms with Crippen molar-refractivity contribution in [3.63, 3.8) is 0 Å². The number of pyridine rings is 1. The molecule has 0 aliphatic heterocycles. The van der Waals surface area contributed by atoms with Crippen LogP contribution in [0, 0.1) is 0 Å². The molecule has 0 amide bonds. The monoisotopic (exact) mass is 160 g/mol. The van der Waals surface area contributed by atoms with Gasteiger partial charge in [0.25, 0.3) is 12.1 Å². The minimum Gasteiger partial charge on any atom is -0.110 e. The molecule has 0 fully saturated rings. The van der Waals surface area contributed by atoms with Gasteiger partial charge in [0.1, 0.15) is 6.20 Å². The summed E-state index contributed by atoms with van der Waals surface area (Å²) in [6.45, 7) is 0. The van der Waals surface area contributed by atoms with Crippen molar-refractivity contribution >= 4 is 0 Å². The average molecular weight is 160 g/mol. The lowest BCUT2D eigenvalue weighted by Gasteiger charge is -1.89. The lowest BCUT2D eigenvalue weighted by molar-refractivity contribution is -0.667. The minimum absolute atomic E-state index is 0.729. The predicted molar refractivity (Wildman–Crippen MR) is 39.2 cm³/mol. The van der Waals surface area contributed by atoms with E-state index in [0.717, 1.165) is 5.82 Å². The van der Waals surface area contributed by atoms with Gasteiger partial charge in [-0.3, -0.25) is 0 Å². The van der Waals surface area contributed by atoms with Gasteiger partial charge >= 0.3 is 0 Å². The standard InChI is InChI=1S/C7H6N5/c1-2-4-8-7(3-1)12-6-10-9-5-11-12/h1-6H/q+1. The Labute approximate surface area is 68.7 Å². The highest BCUT2D eigenvalue weighted by molar-refractivity contribution is 5.08. The zero-order chi connectivity index (χ0) is 8.23. The van der Waals surface area contributed by atoms with Gasteiger partial charge in [-0.05, 0) is 6.07 Å².